The summed E-state index contributed by atoms with van der Waals surface area (Å²) < 4.78 is 0. The molecule has 0 bridgehead atoms. The van der Waals surface area contributed by atoms with E-state index in [0.29, 0.717) is 6.54 Å². The van der Waals surface area contributed by atoms with Gasteiger partial charge < -0.3 is 0 Å². The summed E-state index contributed by atoms with van der Waals surface area (Å²) >= 11 is 0. The van der Waals surface area contributed by atoms with E-state index in [2.05, 4.69) is 11.9 Å². The highest BCUT2D eigenvalue weighted by atomic mass is 16.1. The number of hydrogen-bond donors (Lipinski definition) is 0. The minimum atomic E-state index is 0.661. The van der Waals surface area contributed by atoms with Crippen molar-refractivity contribution in [2.75, 3.05) is 6.54 Å². The van der Waals surface area contributed by atoms with Crippen molar-refractivity contribution >= 4 is 6.08 Å². The van der Waals surface area contributed by atoms with Crippen molar-refractivity contribution in [1.82, 2.24) is 0 Å². The van der Waals surface area contributed by atoms with Crippen molar-refractivity contribution in [3.05, 3.63) is 6.92 Å². The highest BCUT2D eigenvalue weighted by molar-refractivity contribution is 5.32. The number of carbonyl (C=O) groups excluding carboxylic acids is 1. The predicted molar refractivity (Wildman–Crippen MR) is 69.1 cm³/mol. The van der Waals surface area contributed by atoms with Crippen LogP contribution in [0.25, 0.3) is 0 Å². The molecule has 0 aliphatic carbocycles. The van der Waals surface area contributed by atoms with Crippen LogP contribution < -0.4 is 0 Å². The first-order valence-electron chi connectivity index (χ1n) is 6.74. The Balaban J connectivity index is 2.90. The van der Waals surface area contributed by atoms with Crippen LogP contribution in [0.15, 0.2) is 4.99 Å². The zero-order chi connectivity index (χ0) is 11.9. The van der Waals surface area contributed by atoms with Crippen molar-refractivity contribution in [3.8, 4) is 0 Å². The van der Waals surface area contributed by atoms with E-state index < -0.39 is 0 Å². The largest absolute Gasteiger partial charge is 0.234 e. The summed E-state index contributed by atoms with van der Waals surface area (Å²) in [5.41, 5.74) is 0. The van der Waals surface area contributed by atoms with Crippen molar-refractivity contribution in [1.29, 1.82) is 0 Å². The number of unbranched alkanes of at least 4 members (excludes halogenated alkanes) is 10. The molecule has 93 valence electrons. The van der Waals surface area contributed by atoms with Crippen LogP contribution >= 0.6 is 0 Å². The van der Waals surface area contributed by atoms with Gasteiger partial charge in [0, 0.05) is 0 Å². The molecule has 0 aromatic rings. The first-order chi connectivity index (χ1) is 7.91. The van der Waals surface area contributed by atoms with Crippen LogP contribution in [0.4, 0.5) is 0 Å². The van der Waals surface area contributed by atoms with Crippen LogP contribution in [-0.4, -0.2) is 12.6 Å². The number of nitrogens with zero attached hydrogens (tertiary/aromatic N) is 1. The van der Waals surface area contributed by atoms with E-state index in [1.54, 1.807) is 6.08 Å². The maximum Gasteiger partial charge on any atom is 0.234 e. The Morgan fingerprint density at radius 1 is 0.750 bits per heavy atom. The summed E-state index contributed by atoms with van der Waals surface area (Å²) in [6.07, 6.45) is 15.7. The van der Waals surface area contributed by atoms with Crippen LogP contribution in [0.5, 0.6) is 0 Å². The molecule has 0 atom stereocenters. The minimum absolute atomic E-state index is 0.661. The zero-order valence-corrected chi connectivity index (χ0v) is 10.5. The maximum absolute atomic E-state index is 9.79. The third-order valence-electron chi connectivity index (χ3n) is 2.83. The molecule has 0 aromatic carbocycles. The molecule has 2 nitrogen and oxygen atoms in total. The second-order valence-electron chi connectivity index (χ2n) is 4.36. The highest BCUT2D eigenvalue weighted by Gasteiger charge is 1.92. The molecule has 0 amide bonds. The van der Waals surface area contributed by atoms with Crippen LogP contribution in [-0.2, 0) is 4.79 Å². The van der Waals surface area contributed by atoms with Gasteiger partial charge in [-0.25, -0.2) is 9.79 Å². The Kier molecular flexibility index (Phi) is 13.8. The molecular formula is C14H26NO. The van der Waals surface area contributed by atoms with E-state index in [-0.39, 0.29) is 0 Å². The number of rotatable bonds is 12. The van der Waals surface area contributed by atoms with Gasteiger partial charge in [0.15, 0.2) is 0 Å². The van der Waals surface area contributed by atoms with Gasteiger partial charge in [-0.05, 0) is 6.42 Å². The Hall–Kier alpha value is -0.620. The van der Waals surface area contributed by atoms with Gasteiger partial charge in [-0.1, -0.05) is 71.1 Å². The van der Waals surface area contributed by atoms with Gasteiger partial charge in [0.05, 0.1) is 6.54 Å². The molecule has 0 saturated carbocycles. The van der Waals surface area contributed by atoms with Crippen molar-refractivity contribution in [3.63, 3.8) is 0 Å². The average molecular weight is 224 g/mol. The van der Waals surface area contributed by atoms with Crippen molar-refractivity contribution in [2.45, 2.75) is 70.6 Å². The summed E-state index contributed by atoms with van der Waals surface area (Å²) in [6.45, 7) is 4.50. The standard InChI is InChI=1S/C14H26NO/c1-2-3-4-5-6-7-8-9-10-11-12-13-15-14-16/h1-13H2. The molecule has 0 aliphatic rings. The van der Waals surface area contributed by atoms with Gasteiger partial charge in [-0.15, -0.1) is 0 Å². The van der Waals surface area contributed by atoms with Crippen molar-refractivity contribution in [2.24, 2.45) is 4.99 Å². The second kappa shape index (κ2) is 14.4. The molecule has 0 unspecified atom stereocenters. The van der Waals surface area contributed by atoms with E-state index >= 15 is 0 Å². The van der Waals surface area contributed by atoms with Gasteiger partial charge >= 0.3 is 0 Å². The normalized spacial score (nSPS) is 10.1. The molecule has 0 aromatic heterocycles. The van der Waals surface area contributed by atoms with Crippen LogP contribution in [0.3, 0.4) is 0 Å². The molecule has 0 aliphatic heterocycles. The average Bonchev–Trinajstić information content (AvgIpc) is 2.31. The van der Waals surface area contributed by atoms with E-state index in [1.165, 1.54) is 57.8 Å². The van der Waals surface area contributed by atoms with Gasteiger partial charge in [-0.3, -0.25) is 0 Å². The van der Waals surface area contributed by atoms with Crippen LogP contribution in [0.2, 0.25) is 0 Å². The van der Waals surface area contributed by atoms with E-state index in [1.807, 2.05) is 0 Å². The fourth-order valence-corrected chi connectivity index (χ4v) is 1.83. The smallest absolute Gasteiger partial charge is 0.211 e. The molecule has 0 heterocycles. The fourth-order valence-electron chi connectivity index (χ4n) is 1.83. The topological polar surface area (TPSA) is 29.4 Å². The number of aliphatic imine (C=N–C) groups is 1. The summed E-state index contributed by atoms with van der Waals surface area (Å²) in [6, 6.07) is 0. The van der Waals surface area contributed by atoms with Crippen LogP contribution in [0, 0.1) is 6.92 Å². The quantitative estimate of drug-likeness (QED) is 0.273. The number of isocyanates is 1. The second-order valence-corrected chi connectivity index (χ2v) is 4.36. The number of hydrogen-bond acceptors (Lipinski definition) is 2. The lowest BCUT2D eigenvalue weighted by Gasteiger charge is -2.01. The molecule has 0 spiro atoms. The lowest BCUT2D eigenvalue weighted by Crippen LogP contribution is -1.84. The van der Waals surface area contributed by atoms with Gasteiger partial charge in [0.1, 0.15) is 0 Å². The molecular weight excluding hydrogens is 198 g/mol. The lowest BCUT2D eigenvalue weighted by atomic mass is 10.1. The molecule has 1 radical (unpaired) electrons. The zero-order valence-electron chi connectivity index (χ0n) is 10.5. The first-order valence-corrected chi connectivity index (χ1v) is 6.74. The molecule has 0 rings (SSSR count). The van der Waals surface area contributed by atoms with E-state index in [0.717, 1.165) is 12.8 Å². The predicted octanol–water partition coefficient (Wildman–Crippen LogP) is 4.45. The molecule has 0 N–H and O–H groups in total. The molecule has 2 heteroatoms. The lowest BCUT2D eigenvalue weighted by molar-refractivity contribution is 0.550. The maximum atomic E-state index is 9.79. The van der Waals surface area contributed by atoms with E-state index in [4.69, 9.17) is 0 Å². The molecule has 16 heavy (non-hydrogen) atoms. The SMILES string of the molecule is [CH2]CCCCCCCCCCCCN=C=O. The summed E-state index contributed by atoms with van der Waals surface area (Å²) in [4.78, 5) is 13.3. The van der Waals surface area contributed by atoms with E-state index in [9.17, 15) is 4.79 Å². The Morgan fingerprint density at radius 2 is 1.19 bits per heavy atom. The third kappa shape index (κ3) is 13.4. The summed E-state index contributed by atoms with van der Waals surface area (Å²) in [5.74, 6) is 0. The fraction of sp³-hybridized carbons (Fsp3) is 0.857. The minimum Gasteiger partial charge on any atom is -0.211 e. The summed E-state index contributed by atoms with van der Waals surface area (Å²) in [5, 5.41) is 0. The van der Waals surface area contributed by atoms with Crippen LogP contribution in [0.1, 0.15) is 70.6 Å². The third-order valence-corrected chi connectivity index (χ3v) is 2.83. The first kappa shape index (κ1) is 15.4. The van der Waals surface area contributed by atoms with Crippen molar-refractivity contribution < 1.29 is 4.79 Å². The van der Waals surface area contributed by atoms with Gasteiger partial charge in [0.2, 0.25) is 6.08 Å². The Morgan fingerprint density at radius 3 is 1.62 bits per heavy atom. The molecule has 0 fully saturated rings. The van der Waals surface area contributed by atoms with Gasteiger partial charge in [0.25, 0.3) is 0 Å². The monoisotopic (exact) mass is 224 g/mol. The highest BCUT2D eigenvalue weighted by Crippen LogP contribution is 2.10. The Bertz CT molecular complexity index is 174. The Labute approximate surface area is 101 Å². The van der Waals surface area contributed by atoms with Gasteiger partial charge in [-0.2, -0.15) is 0 Å². The summed E-state index contributed by atoms with van der Waals surface area (Å²) in [7, 11) is 0. The molecule has 0 saturated heterocycles.